The van der Waals surface area contributed by atoms with Crippen molar-refractivity contribution in [2.45, 2.75) is 44.9 Å². The minimum Gasteiger partial charge on any atom is -0.508 e. The fourth-order valence-electron chi connectivity index (χ4n) is 3.54. The minimum absolute atomic E-state index is 0.108. The normalized spacial score (nSPS) is 14.9. The summed E-state index contributed by atoms with van der Waals surface area (Å²) in [5.41, 5.74) is 2.88. The zero-order chi connectivity index (χ0) is 18.4. The molecule has 0 heterocycles. The van der Waals surface area contributed by atoms with Gasteiger partial charge in [-0.25, -0.2) is 0 Å². The van der Waals surface area contributed by atoms with E-state index in [1.54, 1.807) is 12.1 Å². The highest BCUT2D eigenvalue weighted by Gasteiger charge is 2.16. The molecule has 0 aromatic heterocycles. The van der Waals surface area contributed by atoms with Crippen LogP contribution in [0.15, 0.2) is 42.5 Å². The van der Waals surface area contributed by atoms with Gasteiger partial charge < -0.3 is 14.9 Å². The van der Waals surface area contributed by atoms with Crippen molar-refractivity contribution >= 4 is 5.97 Å². The summed E-state index contributed by atoms with van der Waals surface area (Å²) in [5, 5.41) is 18.5. The Balaban J connectivity index is 1.81. The number of phenolic OH excluding ortho intramolecular Hbond substituents is 1. The lowest BCUT2D eigenvalue weighted by molar-refractivity contribution is -0.136. The Kier molecular flexibility index (Phi) is 6.16. The van der Waals surface area contributed by atoms with Crippen molar-refractivity contribution < 1.29 is 19.7 Å². The Morgan fingerprint density at radius 1 is 1.04 bits per heavy atom. The van der Waals surface area contributed by atoms with E-state index in [0.717, 1.165) is 29.0 Å². The van der Waals surface area contributed by atoms with Crippen LogP contribution in [0, 0.1) is 5.92 Å². The Bertz CT molecular complexity index is 730. The number of aromatic hydroxyl groups is 1. The van der Waals surface area contributed by atoms with Crippen molar-refractivity contribution in [3.05, 3.63) is 48.0 Å². The predicted octanol–water partition coefficient (Wildman–Crippen LogP) is 5.04. The summed E-state index contributed by atoms with van der Waals surface area (Å²) in [6, 6.07) is 12.9. The van der Waals surface area contributed by atoms with Gasteiger partial charge in [0, 0.05) is 12.0 Å². The average molecular weight is 354 g/mol. The highest BCUT2D eigenvalue weighted by molar-refractivity contribution is 5.72. The van der Waals surface area contributed by atoms with Crippen molar-refractivity contribution in [3.63, 3.8) is 0 Å². The third-order valence-electron chi connectivity index (χ3n) is 5.05. The van der Waals surface area contributed by atoms with Crippen LogP contribution < -0.4 is 4.74 Å². The van der Waals surface area contributed by atoms with Gasteiger partial charge in [0.1, 0.15) is 11.5 Å². The first kappa shape index (κ1) is 18.3. The quantitative estimate of drug-likeness (QED) is 0.731. The van der Waals surface area contributed by atoms with Crippen LogP contribution in [0.1, 0.15) is 44.1 Å². The fraction of sp³-hybridized carbons (Fsp3) is 0.409. The number of hydrogen-bond donors (Lipinski definition) is 2. The number of carboxylic acid groups (broad SMARTS) is 1. The van der Waals surface area contributed by atoms with E-state index < -0.39 is 5.97 Å². The fourth-order valence-corrected chi connectivity index (χ4v) is 3.54. The van der Waals surface area contributed by atoms with E-state index in [1.165, 1.54) is 32.1 Å². The first-order valence-corrected chi connectivity index (χ1v) is 9.39. The van der Waals surface area contributed by atoms with Crippen LogP contribution in [0.3, 0.4) is 0 Å². The third kappa shape index (κ3) is 5.01. The highest BCUT2D eigenvalue weighted by atomic mass is 16.5. The minimum atomic E-state index is -0.797. The molecular formula is C22H26O4. The van der Waals surface area contributed by atoms with Crippen molar-refractivity contribution in [1.29, 1.82) is 0 Å². The number of ether oxygens (including phenoxy) is 1. The monoisotopic (exact) mass is 354 g/mol. The predicted molar refractivity (Wildman–Crippen MR) is 102 cm³/mol. The van der Waals surface area contributed by atoms with E-state index in [4.69, 9.17) is 9.84 Å². The van der Waals surface area contributed by atoms with Crippen LogP contribution in [-0.2, 0) is 11.2 Å². The van der Waals surface area contributed by atoms with Gasteiger partial charge in [-0.3, -0.25) is 4.79 Å². The third-order valence-corrected chi connectivity index (χ3v) is 5.05. The Morgan fingerprint density at radius 2 is 1.77 bits per heavy atom. The largest absolute Gasteiger partial charge is 0.508 e. The lowest BCUT2D eigenvalue weighted by atomic mass is 9.90. The Labute approximate surface area is 154 Å². The molecule has 0 saturated heterocycles. The van der Waals surface area contributed by atoms with Gasteiger partial charge in [-0.05, 0) is 60.6 Å². The number of carbonyl (C=O) groups is 1. The van der Waals surface area contributed by atoms with Crippen LogP contribution in [-0.4, -0.2) is 22.8 Å². The highest BCUT2D eigenvalue weighted by Crippen LogP contribution is 2.34. The lowest BCUT2D eigenvalue weighted by Crippen LogP contribution is -2.15. The molecule has 3 rings (SSSR count). The number of phenols is 1. The maximum absolute atomic E-state index is 10.9. The molecule has 0 amide bonds. The molecule has 0 radical (unpaired) electrons. The molecule has 1 fully saturated rings. The van der Waals surface area contributed by atoms with Crippen LogP contribution in [0.5, 0.6) is 11.5 Å². The van der Waals surface area contributed by atoms with Gasteiger partial charge in [0.15, 0.2) is 0 Å². The van der Waals surface area contributed by atoms with Gasteiger partial charge >= 0.3 is 5.97 Å². The molecular weight excluding hydrogens is 328 g/mol. The van der Waals surface area contributed by atoms with E-state index in [0.29, 0.717) is 12.3 Å². The maximum Gasteiger partial charge on any atom is 0.303 e. The zero-order valence-corrected chi connectivity index (χ0v) is 15.0. The van der Waals surface area contributed by atoms with Crippen molar-refractivity contribution in [3.8, 4) is 22.6 Å². The number of benzene rings is 2. The summed E-state index contributed by atoms with van der Waals surface area (Å²) in [6.45, 7) is 0.722. The molecule has 1 aliphatic carbocycles. The molecule has 0 spiro atoms. The summed E-state index contributed by atoms with van der Waals surface area (Å²) in [5.74, 6) is 0.859. The molecule has 0 unspecified atom stereocenters. The van der Waals surface area contributed by atoms with E-state index in [-0.39, 0.29) is 12.2 Å². The summed E-state index contributed by atoms with van der Waals surface area (Å²) < 4.78 is 6.16. The molecule has 0 atom stereocenters. The number of hydrogen-bond acceptors (Lipinski definition) is 3. The number of rotatable bonds is 7. The van der Waals surface area contributed by atoms with Crippen molar-refractivity contribution in [2.75, 3.05) is 6.61 Å². The van der Waals surface area contributed by atoms with Gasteiger partial charge in [-0.2, -0.15) is 0 Å². The van der Waals surface area contributed by atoms with Gasteiger partial charge in [-0.15, -0.1) is 0 Å². The number of aliphatic carboxylic acids is 1. The summed E-state index contributed by atoms with van der Waals surface area (Å²) in [6.07, 6.45) is 6.95. The zero-order valence-electron chi connectivity index (χ0n) is 15.0. The lowest BCUT2D eigenvalue weighted by Gasteiger charge is -2.22. The molecule has 1 saturated carbocycles. The van der Waals surface area contributed by atoms with E-state index in [9.17, 15) is 9.90 Å². The molecule has 138 valence electrons. The molecule has 1 aliphatic rings. The molecule has 2 N–H and O–H groups in total. The Morgan fingerprint density at radius 3 is 2.46 bits per heavy atom. The molecule has 0 bridgehead atoms. The second-order valence-corrected chi connectivity index (χ2v) is 7.09. The average Bonchev–Trinajstić information content (AvgIpc) is 2.66. The van der Waals surface area contributed by atoms with Crippen LogP contribution >= 0.6 is 0 Å². The smallest absolute Gasteiger partial charge is 0.303 e. The Hall–Kier alpha value is -2.49. The molecule has 2 aromatic rings. The summed E-state index contributed by atoms with van der Waals surface area (Å²) >= 11 is 0. The first-order valence-electron chi connectivity index (χ1n) is 9.39. The van der Waals surface area contributed by atoms with Crippen LogP contribution in [0.4, 0.5) is 0 Å². The van der Waals surface area contributed by atoms with Gasteiger partial charge in [0.05, 0.1) is 6.61 Å². The van der Waals surface area contributed by atoms with Gasteiger partial charge in [-0.1, -0.05) is 37.5 Å². The van der Waals surface area contributed by atoms with E-state index >= 15 is 0 Å². The van der Waals surface area contributed by atoms with Gasteiger partial charge in [0.25, 0.3) is 0 Å². The molecule has 0 aliphatic heterocycles. The van der Waals surface area contributed by atoms with E-state index in [2.05, 4.69) is 0 Å². The standard InChI is InChI=1S/C22H26O4/c23-19-10-8-18(9-11-19)20-14-16(7-13-22(24)25)6-12-21(20)26-15-17-4-2-1-3-5-17/h6,8-12,14,17,23H,1-5,7,13,15H2,(H,24,25). The number of carboxylic acids is 1. The molecule has 26 heavy (non-hydrogen) atoms. The molecule has 4 heteroatoms. The van der Waals surface area contributed by atoms with Crippen molar-refractivity contribution in [2.24, 2.45) is 5.92 Å². The van der Waals surface area contributed by atoms with Gasteiger partial charge in [0.2, 0.25) is 0 Å². The maximum atomic E-state index is 10.9. The molecule has 2 aromatic carbocycles. The van der Waals surface area contributed by atoms with Crippen molar-refractivity contribution in [1.82, 2.24) is 0 Å². The SMILES string of the molecule is O=C(O)CCc1ccc(OCC2CCCCC2)c(-c2ccc(O)cc2)c1. The topological polar surface area (TPSA) is 66.8 Å². The summed E-state index contributed by atoms with van der Waals surface area (Å²) in [7, 11) is 0. The summed E-state index contributed by atoms with van der Waals surface area (Å²) in [4.78, 5) is 10.9. The van der Waals surface area contributed by atoms with Crippen LogP contribution in [0.25, 0.3) is 11.1 Å². The second kappa shape index (κ2) is 8.75. The first-order chi connectivity index (χ1) is 12.6. The number of aryl methyl sites for hydroxylation is 1. The van der Waals surface area contributed by atoms with Crippen LogP contribution in [0.2, 0.25) is 0 Å². The molecule has 4 nitrogen and oxygen atoms in total. The second-order valence-electron chi connectivity index (χ2n) is 7.09. The van der Waals surface area contributed by atoms with E-state index in [1.807, 2.05) is 30.3 Å².